The van der Waals surface area contributed by atoms with Gasteiger partial charge in [0.05, 0.1) is 29.7 Å². The van der Waals surface area contributed by atoms with Crippen LogP contribution in [0.25, 0.3) is 0 Å². The molecule has 0 atom stereocenters. The van der Waals surface area contributed by atoms with Crippen LogP contribution >= 0.6 is 0 Å². The van der Waals surface area contributed by atoms with Gasteiger partial charge in [-0.1, -0.05) is 0 Å². The Bertz CT molecular complexity index is 626. The van der Waals surface area contributed by atoms with E-state index in [1.807, 2.05) is 13.0 Å². The number of aryl methyl sites for hydroxylation is 1. The van der Waals surface area contributed by atoms with Crippen molar-refractivity contribution in [1.29, 1.82) is 0 Å². The van der Waals surface area contributed by atoms with E-state index in [2.05, 4.69) is 10.3 Å². The Morgan fingerprint density at radius 2 is 2.15 bits per heavy atom. The third-order valence-electron chi connectivity index (χ3n) is 2.69. The van der Waals surface area contributed by atoms with Crippen molar-refractivity contribution < 1.29 is 9.53 Å². The first kappa shape index (κ1) is 13.9. The molecule has 0 fully saturated rings. The molecule has 2 aromatic rings. The van der Waals surface area contributed by atoms with Crippen LogP contribution in [0.2, 0.25) is 0 Å². The van der Waals surface area contributed by atoms with Crippen LogP contribution in [0.5, 0.6) is 0 Å². The number of nitrogens with zero attached hydrogens (tertiary/aromatic N) is 1. The van der Waals surface area contributed by atoms with E-state index in [4.69, 9.17) is 10.5 Å². The van der Waals surface area contributed by atoms with E-state index < -0.39 is 5.97 Å². The van der Waals surface area contributed by atoms with Crippen molar-refractivity contribution in [2.45, 2.75) is 13.8 Å². The summed E-state index contributed by atoms with van der Waals surface area (Å²) < 4.78 is 5.03. The molecule has 0 aliphatic heterocycles. The van der Waals surface area contributed by atoms with Gasteiger partial charge in [-0.3, -0.25) is 4.98 Å². The van der Waals surface area contributed by atoms with Crippen molar-refractivity contribution in [3.8, 4) is 0 Å². The molecule has 5 nitrogen and oxygen atoms in total. The molecule has 0 saturated heterocycles. The van der Waals surface area contributed by atoms with Gasteiger partial charge in [-0.15, -0.1) is 0 Å². The highest BCUT2D eigenvalue weighted by Gasteiger charge is 2.13. The Morgan fingerprint density at radius 3 is 2.85 bits per heavy atom. The predicted molar refractivity (Wildman–Crippen MR) is 79.1 cm³/mol. The number of benzene rings is 1. The highest BCUT2D eigenvalue weighted by atomic mass is 16.5. The monoisotopic (exact) mass is 271 g/mol. The van der Waals surface area contributed by atoms with E-state index in [0.29, 0.717) is 23.5 Å². The van der Waals surface area contributed by atoms with E-state index in [0.717, 1.165) is 11.3 Å². The fraction of sp³-hybridized carbons (Fsp3) is 0.200. The molecule has 0 bridgehead atoms. The lowest BCUT2D eigenvalue weighted by Crippen LogP contribution is -2.08. The second-order valence-electron chi connectivity index (χ2n) is 4.40. The smallest absolute Gasteiger partial charge is 0.340 e. The molecule has 0 radical (unpaired) electrons. The number of ether oxygens (including phenoxy) is 1. The number of aromatic nitrogens is 1. The van der Waals surface area contributed by atoms with Crippen LogP contribution in [0.3, 0.4) is 0 Å². The number of nitrogens with two attached hydrogens (primary N) is 1. The second kappa shape index (κ2) is 6.06. The summed E-state index contributed by atoms with van der Waals surface area (Å²) in [5.74, 6) is -0.400. The maximum atomic E-state index is 11.9. The number of anilines is 3. The molecule has 1 aromatic heterocycles. The summed E-state index contributed by atoms with van der Waals surface area (Å²) in [7, 11) is 0. The summed E-state index contributed by atoms with van der Waals surface area (Å²) in [5, 5.41) is 3.16. The highest BCUT2D eigenvalue weighted by molar-refractivity contribution is 5.97. The van der Waals surface area contributed by atoms with Gasteiger partial charge in [0.1, 0.15) is 0 Å². The zero-order valence-electron chi connectivity index (χ0n) is 11.5. The molecule has 0 amide bonds. The lowest BCUT2D eigenvalue weighted by atomic mass is 10.1. The number of carbonyl (C=O) groups excluding carboxylic acids is 1. The minimum Gasteiger partial charge on any atom is -0.462 e. The Balaban J connectivity index is 2.33. The second-order valence-corrected chi connectivity index (χ2v) is 4.40. The van der Waals surface area contributed by atoms with Gasteiger partial charge >= 0.3 is 5.97 Å². The molecule has 104 valence electrons. The minimum atomic E-state index is -0.400. The average Bonchev–Trinajstić information content (AvgIpc) is 2.41. The SMILES string of the molecule is CCOC(=O)c1cc(N)ccc1Nc1cncc(C)c1. The Kier molecular flexibility index (Phi) is 4.20. The molecule has 3 N–H and O–H groups in total. The predicted octanol–water partition coefficient (Wildman–Crippen LogP) is 2.89. The maximum Gasteiger partial charge on any atom is 0.340 e. The Morgan fingerprint density at radius 1 is 1.35 bits per heavy atom. The topological polar surface area (TPSA) is 77.2 Å². The van der Waals surface area contributed by atoms with Crippen LogP contribution in [0.1, 0.15) is 22.8 Å². The molecular formula is C15H17N3O2. The van der Waals surface area contributed by atoms with Gasteiger partial charge in [0.25, 0.3) is 0 Å². The molecule has 0 aliphatic rings. The first-order valence-electron chi connectivity index (χ1n) is 6.35. The quantitative estimate of drug-likeness (QED) is 0.660. The van der Waals surface area contributed by atoms with Gasteiger partial charge in [0.2, 0.25) is 0 Å². The van der Waals surface area contributed by atoms with Crippen molar-refractivity contribution >= 4 is 23.0 Å². The summed E-state index contributed by atoms with van der Waals surface area (Å²) in [4.78, 5) is 16.0. The van der Waals surface area contributed by atoms with Crippen molar-refractivity contribution in [1.82, 2.24) is 4.98 Å². The molecule has 1 aromatic carbocycles. The first-order valence-corrected chi connectivity index (χ1v) is 6.35. The fourth-order valence-corrected chi connectivity index (χ4v) is 1.83. The number of esters is 1. The molecule has 0 aliphatic carbocycles. The normalized spacial score (nSPS) is 10.1. The number of hydrogen-bond donors (Lipinski definition) is 2. The number of nitrogen functional groups attached to an aromatic ring is 1. The average molecular weight is 271 g/mol. The zero-order chi connectivity index (χ0) is 14.5. The lowest BCUT2D eigenvalue weighted by molar-refractivity contribution is 0.0527. The van der Waals surface area contributed by atoms with Crippen molar-refractivity contribution in [3.63, 3.8) is 0 Å². The van der Waals surface area contributed by atoms with Gasteiger partial charge in [-0.25, -0.2) is 4.79 Å². The molecular weight excluding hydrogens is 254 g/mol. The number of carbonyl (C=O) groups is 1. The summed E-state index contributed by atoms with van der Waals surface area (Å²) in [6.07, 6.45) is 3.46. The minimum absolute atomic E-state index is 0.319. The van der Waals surface area contributed by atoms with E-state index >= 15 is 0 Å². The van der Waals surface area contributed by atoms with E-state index in [1.165, 1.54) is 0 Å². The van der Waals surface area contributed by atoms with Crippen molar-refractivity contribution in [3.05, 3.63) is 47.8 Å². The summed E-state index contributed by atoms with van der Waals surface area (Å²) in [6.45, 7) is 4.04. The Labute approximate surface area is 117 Å². The number of rotatable bonds is 4. The largest absolute Gasteiger partial charge is 0.462 e. The lowest BCUT2D eigenvalue weighted by Gasteiger charge is -2.12. The van der Waals surface area contributed by atoms with E-state index in [9.17, 15) is 4.79 Å². The molecule has 1 heterocycles. The third-order valence-corrected chi connectivity index (χ3v) is 2.69. The molecule has 0 spiro atoms. The van der Waals surface area contributed by atoms with E-state index in [-0.39, 0.29) is 0 Å². The summed E-state index contributed by atoms with van der Waals surface area (Å²) in [5.41, 5.74) is 9.14. The number of pyridine rings is 1. The van der Waals surface area contributed by atoms with Crippen LogP contribution < -0.4 is 11.1 Å². The number of nitrogens with one attached hydrogen (secondary N) is 1. The molecule has 5 heteroatoms. The Hall–Kier alpha value is -2.56. The van der Waals surface area contributed by atoms with Gasteiger partial charge in [0.15, 0.2) is 0 Å². The first-order chi connectivity index (χ1) is 9.60. The maximum absolute atomic E-state index is 11.9. The zero-order valence-corrected chi connectivity index (χ0v) is 11.5. The van der Waals surface area contributed by atoms with Gasteiger partial charge in [0, 0.05) is 11.9 Å². The van der Waals surface area contributed by atoms with Gasteiger partial charge in [-0.2, -0.15) is 0 Å². The molecule has 0 unspecified atom stereocenters. The van der Waals surface area contributed by atoms with Gasteiger partial charge < -0.3 is 15.8 Å². The van der Waals surface area contributed by atoms with Gasteiger partial charge in [-0.05, 0) is 43.7 Å². The van der Waals surface area contributed by atoms with Crippen LogP contribution in [0, 0.1) is 6.92 Å². The van der Waals surface area contributed by atoms with Crippen LogP contribution in [-0.2, 0) is 4.74 Å². The highest BCUT2D eigenvalue weighted by Crippen LogP contribution is 2.24. The van der Waals surface area contributed by atoms with Crippen LogP contribution in [-0.4, -0.2) is 17.6 Å². The summed E-state index contributed by atoms with van der Waals surface area (Å²) >= 11 is 0. The van der Waals surface area contributed by atoms with Crippen molar-refractivity contribution in [2.24, 2.45) is 0 Å². The summed E-state index contributed by atoms with van der Waals surface area (Å²) in [6, 6.07) is 7.03. The fourth-order valence-electron chi connectivity index (χ4n) is 1.83. The number of hydrogen-bond acceptors (Lipinski definition) is 5. The van der Waals surface area contributed by atoms with Crippen LogP contribution in [0.4, 0.5) is 17.1 Å². The standard InChI is InChI=1S/C15H17N3O2/c1-3-20-15(19)13-7-11(16)4-5-14(13)18-12-6-10(2)8-17-9-12/h4-9,18H,3,16H2,1-2H3. The molecule has 2 rings (SSSR count). The molecule has 20 heavy (non-hydrogen) atoms. The molecule has 0 saturated carbocycles. The van der Waals surface area contributed by atoms with E-state index in [1.54, 1.807) is 37.5 Å². The third kappa shape index (κ3) is 3.26. The van der Waals surface area contributed by atoms with Crippen LogP contribution in [0.15, 0.2) is 36.7 Å². The van der Waals surface area contributed by atoms with Crippen molar-refractivity contribution in [2.75, 3.05) is 17.7 Å².